The van der Waals surface area contributed by atoms with Gasteiger partial charge in [-0.25, -0.2) is 0 Å². The van der Waals surface area contributed by atoms with Crippen molar-refractivity contribution in [3.05, 3.63) is 48.0 Å². The van der Waals surface area contributed by atoms with Gasteiger partial charge in [0.25, 0.3) is 5.91 Å². The van der Waals surface area contributed by atoms with Crippen molar-refractivity contribution in [2.45, 2.75) is 24.7 Å². The number of methoxy groups -OCH3 is 1. The molecule has 0 saturated carbocycles. The Morgan fingerprint density at radius 1 is 1.47 bits per heavy atom. The van der Waals surface area contributed by atoms with Gasteiger partial charge in [-0.2, -0.15) is 13.2 Å². The summed E-state index contributed by atoms with van der Waals surface area (Å²) in [5.74, 6) is -0.521. The second-order valence-corrected chi connectivity index (χ2v) is 7.48. The van der Waals surface area contributed by atoms with Crippen molar-refractivity contribution >= 4 is 5.91 Å². The van der Waals surface area contributed by atoms with Gasteiger partial charge in [-0.1, -0.05) is 12.1 Å². The molecule has 1 saturated heterocycles. The molecule has 30 heavy (non-hydrogen) atoms. The van der Waals surface area contributed by atoms with Crippen LogP contribution in [-0.4, -0.2) is 85.6 Å². The van der Waals surface area contributed by atoms with Crippen LogP contribution in [0.25, 0.3) is 0 Å². The summed E-state index contributed by atoms with van der Waals surface area (Å²) in [6.07, 6.45) is -3.22. The van der Waals surface area contributed by atoms with Gasteiger partial charge < -0.3 is 19.5 Å². The summed E-state index contributed by atoms with van der Waals surface area (Å²) in [7, 11) is 1.49. The Balaban J connectivity index is 2.17. The Kier molecular flexibility index (Phi) is 8.42. The molecule has 0 aromatic heterocycles. The Hall–Kier alpha value is -1.94. The van der Waals surface area contributed by atoms with E-state index >= 15 is 0 Å². The topological polar surface area (TPSA) is 62.2 Å². The van der Waals surface area contributed by atoms with E-state index in [0.717, 1.165) is 12.1 Å². The van der Waals surface area contributed by atoms with Gasteiger partial charge in [0.15, 0.2) is 0 Å². The number of hydrogen-bond donors (Lipinski definition) is 1. The van der Waals surface area contributed by atoms with E-state index in [-0.39, 0.29) is 38.0 Å². The van der Waals surface area contributed by atoms with Gasteiger partial charge in [0.05, 0.1) is 37.0 Å². The maximum atomic E-state index is 13.0. The molecule has 2 rings (SSSR count). The molecule has 1 fully saturated rings. The second-order valence-electron chi connectivity index (χ2n) is 7.48. The van der Waals surface area contributed by atoms with Gasteiger partial charge in [-0.3, -0.25) is 9.69 Å². The number of amides is 1. The fraction of sp³-hybridized carbons (Fsp3) is 0.571. The van der Waals surface area contributed by atoms with Crippen molar-refractivity contribution in [1.82, 2.24) is 9.80 Å². The van der Waals surface area contributed by atoms with Gasteiger partial charge >= 0.3 is 6.18 Å². The van der Waals surface area contributed by atoms with Crippen LogP contribution in [0.3, 0.4) is 0 Å². The highest BCUT2D eigenvalue weighted by Gasteiger charge is 2.35. The van der Waals surface area contributed by atoms with Gasteiger partial charge in [0.1, 0.15) is 0 Å². The predicted octanol–water partition coefficient (Wildman–Crippen LogP) is 2.43. The van der Waals surface area contributed by atoms with Crippen LogP contribution in [0.15, 0.2) is 36.9 Å². The van der Waals surface area contributed by atoms with Crippen LogP contribution in [0.2, 0.25) is 0 Å². The average Bonchev–Trinajstić information content (AvgIpc) is 2.75. The molecular weight excluding hydrogens is 401 g/mol. The van der Waals surface area contributed by atoms with E-state index in [9.17, 15) is 23.1 Å². The first-order chi connectivity index (χ1) is 14.1. The summed E-state index contributed by atoms with van der Waals surface area (Å²) in [5.41, 5.74) is -1.53. The minimum absolute atomic E-state index is 0.0418. The Labute approximate surface area is 174 Å². The first kappa shape index (κ1) is 24.3. The zero-order chi connectivity index (χ0) is 22.4. The molecule has 1 aliphatic heterocycles. The van der Waals surface area contributed by atoms with Gasteiger partial charge in [0.2, 0.25) is 0 Å². The summed E-state index contributed by atoms with van der Waals surface area (Å²) in [6, 6.07) is 4.38. The smallest absolute Gasteiger partial charge is 0.394 e. The van der Waals surface area contributed by atoms with Crippen LogP contribution in [0.5, 0.6) is 0 Å². The number of rotatable bonds is 9. The van der Waals surface area contributed by atoms with Crippen molar-refractivity contribution in [1.29, 1.82) is 0 Å². The molecule has 2 atom stereocenters. The number of hydrogen-bond acceptors (Lipinski definition) is 5. The number of alkyl halides is 3. The summed E-state index contributed by atoms with van der Waals surface area (Å²) < 4.78 is 50.0. The molecule has 0 spiro atoms. The van der Waals surface area contributed by atoms with Crippen molar-refractivity contribution in [3.63, 3.8) is 0 Å². The minimum Gasteiger partial charge on any atom is -0.394 e. The lowest BCUT2D eigenvalue weighted by molar-refractivity contribution is -0.137. The maximum absolute atomic E-state index is 13.0. The number of ether oxygens (including phenoxy) is 2. The maximum Gasteiger partial charge on any atom is 0.416 e. The minimum atomic E-state index is -4.53. The quantitative estimate of drug-likeness (QED) is 0.610. The van der Waals surface area contributed by atoms with Crippen LogP contribution in [0.4, 0.5) is 13.2 Å². The summed E-state index contributed by atoms with van der Waals surface area (Å²) in [6.45, 7) is 7.62. The number of carbonyl (C=O) groups is 1. The monoisotopic (exact) mass is 430 g/mol. The largest absolute Gasteiger partial charge is 0.416 e. The first-order valence-corrected chi connectivity index (χ1v) is 9.71. The Morgan fingerprint density at radius 2 is 2.20 bits per heavy atom. The molecule has 9 heteroatoms. The number of nitrogens with zero attached hydrogens (tertiary/aromatic N) is 2. The van der Waals surface area contributed by atoms with E-state index in [4.69, 9.17) is 9.47 Å². The van der Waals surface area contributed by atoms with Crippen molar-refractivity contribution in [2.75, 3.05) is 53.1 Å². The lowest BCUT2D eigenvalue weighted by atomic mass is 9.99. The average molecular weight is 430 g/mol. The van der Waals surface area contributed by atoms with Crippen LogP contribution in [0.1, 0.15) is 22.8 Å². The molecule has 1 heterocycles. The number of aliphatic hydroxyl groups excluding tert-OH is 1. The van der Waals surface area contributed by atoms with Crippen LogP contribution >= 0.6 is 0 Å². The van der Waals surface area contributed by atoms with E-state index < -0.39 is 23.2 Å². The Morgan fingerprint density at radius 3 is 2.80 bits per heavy atom. The second kappa shape index (κ2) is 10.4. The third kappa shape index (κ3) is 6.04. The molecule has 168 valence electrons. The molecule has 0 bridgehead atoms. The van der Waals surface area contributed by atoms with Gasteiger partial charge in [0, 0.05) is 38.9 Å². The van der Waals surface area contributed by atoms with E-state index in [0.29, 0.717) is 19.7 Å². The predicted molar refractivity (Wildman–Crippen MR) is 106 cm³/mol. The first-order valence-electron chi connectivity index (χ1n) is 9.71. The molecule has 6 nitrogen and oxygen atoms in total. The van der Waals surface area contributed by atoms with Crippen molar-refractivity contribution in [2.24, 2.45) is 0 Å². The summed E-state index contributed by atoms with van der Waals surface area (Å²) in [4.78, 5) is 16.4. The van der Waals surface area contributed by atoms with E-state index in [1.54, 1.807) is 6.08 Å². The molecule has 1 aromatic carbocycles. The number of halogens is 3. The zero-order valence-corrected chi connectivity index (χ0v) is 17.3. The highest BCUT2D eigenvalue weighted by molar-refractivity contribution is 5.94. The zero-order valence-electron chi connectivity index (χ0n) is 17.3. The van der Waals surface area contributed by atoms with Crippen LogP contribution in [-0.2, 0) is 15.7 Å². The molecule has 0 radical (unpaired) electrons. The Bertz CT molecular complexity index is 728. The lowest BCUT2D eigenvalue weighted by Crippen LogP contribution is -2.57. The normalized spacial score (nSPS) is 19.9. The molecule has 1 amide bonds. The standard InChI is InChI=1S/C21H29F3N2O4/c1-4-20(2,15-27)26-9-11-30-18(14-26)13-25(8-10-29-3)19(28)16-6-5-7-17(12-16)21(22,23)24/h4-7,12,18,27H,1,8-11,13-15H2,2-3H3. The van der Waals surface area contributed by atoms with Crippen molar-refractivity contribution in [3.8, 4) is 0 Å². The molecule has 1 N–H and O–H groups in total. The van der Waals surface area contributed by atoms with E-state index in [1.807, 2.05) is 11.8 Å². The lowest BCUT2D eigenvalue weighted by Gasteiger charge is -2.43. The van der Waals surface area contributed by atoms with Crippen LogP contribution < -0.4 is 0 Å². The molecular formula is C21H29F3N2O4. The molecule has 1 aromatic rings. The van der Waals surface area contributed by atoms with Crippen molar-refractivity contribution < 1.29 is 32.5 Å². The molecule has 1 aliphatic rings. The SMILES string of the molecule is C=CC(C)(CO)N1CCOC(CN(CCOC)C(=O)c2cccc(C(F)(F)F)c2)C1. The number of morpholine rings is 1. The highest BCUT2D eigenvalue weighted by atomic mass is 19.4. The fourth-order valence-electron chi connectivity index (χ4n) is 3.32. The molecule has 0 aliphatic carbocycles. The summed E-state index contributed by atoms with van der Waals surface area (Å²) in [5, 5.41) is 9.72. The summed E-state index contributed by atoms with van der Waals surface area (Å²) >= 11 is 0. The van der Waals surface area contributed by atoms with E-state index in [1.165, 1.54) is 24.1 Å². The van der Waals surface area contributed by atoms with Crippen LogP contribution in [0, 0.1) is 0 Å². The van der Waals surface area contributed by atoms with E-state index in [2.05, 4.69) is 6.58 Å². The number of aliphatic hydroxyl groups is 1. The third-order valence-electron chi connectivity index (χ3n) is 5.33. The molecule has 2 unspecified atom stereocenters. The number of carbonyl (C=O) groups excluding carboxylic acids is 1. The third-order valence-corrected chi connectivity index (χ3v) is 5.33. The van der Waals surface area contributed by atoms with Gasteiger partial charge in [-0.15, -0.1) is 6.58 Å². The fourth-order valence-corrected chi connectivity index (χ4v) is 3.32. The highest BCUT2D eigenvalue weighted by Crippen LogP contribution is 2.30. The van der Waals surface area contributed by atoms with Gasteiger partial charge in [-0.05, 0) is 25.1 Å². The number of benzene rings is 1.